The number of sulfonamides is 1. The average Bonchev–Trinajstić information content (AvgIpc) is 3.58. The summed E-state index contributed by atoms with van der Waals surface area (Å²) in [5.74, 6) is 0.176. The van der Waals surface area contributed by atoms with Crippen molar-refractivity contribution in [2.75, 3.05) is 18.4 Å². The second-order valence-electron chi connectivity index (χ2n) is 10.1. The summed E-state index contributed by atoms with van der Waals surface area (Å²) in [5, 5.41) is 10.1. The van der Waals surface area contributed by atoms with Crippen LogP contribution < -0.4 is 5.32 Å². The first-order valence-corrected chi connectivity index (χ1v) is 15.0. The van der Waals surface area contributed by atoms with Gasteiger partial charge in [0.15, 0.2) is 0 Å². The predicted octanol–water partition coefficient (Wildman–Crippen LogP) is 5.19. The number of piperidine rings is 1. The third-order valence-corrected chi connectivity index (χ3v) is 10.7. The number of amides is 1. The van der Waals surface area contributed by atoms with E-state index in [4.69, 9.17) is 4.98 Å². The molecule has 1 saturated heterocycles. The molecular formula is C25H29N5O3S3. The number of fused-ring (bicyclic) bond motifs is 1. The molecule has 1 aromatic carbocycles. The van der Waals surface area contributed by atoms with Crippen molar-refractivity contribution in [2.24, 2.45) is 5.92 Å². The number of aryl methyl sites for hydroxylation is 1. The van der Waals surface area contributed by atoms with Crippen LogP contribution in [0, 0.1) is 12.8 Å². The van der Waals surface area contributed by atoms with Gasteiger partial charge >= 0.3 is 0 Å². The quantitative estimate of drug-likeness (QED) is 0.374. The maximum atomic E-state index is 13.1. The van der Waals surface area contributed by atoms with Crippen molar-refractivity contribution in [3.8, 4) is 5.13 Å². The molecule has 8 nitrogen and oxygen atoms in total. The Morgan fingerprint density at radius 2 is 1.89 bits per heavy atom. The largest absolute Gasteiger partial charge is 0.310 e. The molecule has 1 aliphatic rings. The summed E-state index contributed by atoms with van der Waals surface area (Å²) < 4.78 is 30.2. The van der Waals surface area contributed by atoms with Crippen molar-refractivity contribution in [2.45, 2.75) is 50.2 Å². The van der Waals surface area contributed by atoms with Gasteiger partial charge in [-0.05, 0) is 54.3 Å². The van der Waals surface area contributed by atoms with Crippen LogP contribution in [0.15, 0.2) is 46.0 Å². The maximum absolute atomic E-state index is 13.1. The molecule has 5 rings (SSSR count). The van der Waals surface area contributed by atoms with Crippen LogP contribution >= 0.6 is 22.7 Å². The van der Waals surface area contributed by atoms with Crippen LogP contribution in [0.4, 0.5) is 5.82 Å². The summed E-state index contributed by atoms with van der Waals surface area (Å²) >= 11 is 2.75. The second kappa shape index (κ2) is 9.37. The summed E-state index contributed by atoms with van der Waals surface area (Å²) in [6.45, 7) is 9.08. The molecule has 0 bridgehead atoms. The fraction of sp³-hybridized carbons (Fsp3) is 0.400. The highest BCUT2D eigenvalue weighted by atomic mass is 32.2. The highest BCUT2D eigenvalue weighted by molar-refractivity contribution is 7.91. The average molecular weight is 544 g/mol. The first-order chi connectivity index (χ1) is 17.0. The van der Waals surface area contributed by atoms with E-state index in [1.54, 1.807) is 22.2 Å². The normalized spacial score (nSPS) is 16.0. The van der Waals surface area contributed by atoms with Gasteiger partial charge in [0.2, 0.25) is 11.0 Å². The van der Waals surface area contributed by atoms with Gasteiger partial charge in [-0.1, -0.05) is 44.2 Å². The number of benzene rings is 1. The molecule has 1 fully saturated rings. The Hall–Kier alpha value is -2.60. The first-order valence-electron chi connectivity index (χ1n) is 11.8. The van der Waals surface area contributed by atoms with Crippen molar-refractivity contribution < 1.29 is 13.2 Å². The van der Waals surface area contributed by atoms with Gasteiger partial charge in [0.25, 0.3) is 10.0 Å². The number of carbonyl (C=O) groups excluding carboxylic acids is 1. The van der Waals surface area contributed by atoms with Crippen LogP contribution in [-0.2, 0) is 20.2 Å². The Balaban J connectivity index is 1.31. The van der Waals surface area contributed by atoms with Crippen molar-refractivity contribution in [1.29, 1.82) is 0 Å². The second-order valence-corrected chi connectivity index (χ2v) is 14.2. The van der Waals surface area contributed by atoms with Gasteiger partial charge < -0.3 is 5.32 Å². The van der Waals surface area contributed by atoms with Crippen molar-refractivity contribution in [1.82, 2.24) is 19.1 Å². The predicted molar refractivity (Wildman–Crippen MR) is 145 cm³/mol. The van der Waals surface area contributed by atoms with E-state index in [0.717, 1.165) is 15.9 Å². The Morgan fingerprint density at radius 3 is 2.56 bits per heavy atom. The lowest BCUT2D eigenvalue weighted by molar-refractivity contribution is -0.120. The smallest absolute Gasteiger partial charge is 0.252 e. The summed E-state index contributed by atoms with van der Waals surface area (Å²) in [6, 6.07) is 11.5. The summed E-state index contributed by atoms with van der Waals surface area (Å²) in [6.07, 6.45) is 0.945. The Kier molecular flexibility index (Phi) is 6.52. The topological polar surface area (TPSA) is 97.2 Å². The molecular weight excluding hydrogens is 515 g/mol. The molecule has 1 N–H and O–H groups in total. The van der Waals surface area contributed by atoms with Gasteiger partial charge in [0.1, 0.15) is 10.0 Å². The lowest BCUT2D eigenvalue weighted by Crippen LogP contribution is -2.41. The monoisotopic (exact) mass is 543 g/mol. The molecule has 0 atom stereocenters. The van der Waals surface area contributed by atoms with Crippen molar-refractivity contribution >= 4 is 54.6 Å². The van der Waals surface area contributed by atoms with Crippen LogP contribution in [0.3, 0.4) is 0 Å². The summed E-state index contributed by atoms with van der Waals surface area (Å²) in [5.41, 5.74) is 2.95. The Morgan fingerprint density at radius 1 is 1.14 bits per heavy atom. The van der Waals surface area contributed by atoms with Gasteiger partial charge in [0.05, 0.1) is 15.9 Å². The molecule has 3 aromatic heterocycles. The van der Waals surface area contributed by atoms with Gasteiger partial charge in [-0.15, -0.1) is 11.3 Å². The lowest BCUT2D eigenvalue weighted by Gasteiger charge is -2.30. The van der Waals surface area contributed by atoms with Gasteiger partial charge in [-0.25, -0.2) is 13.4 Å². The van der Waals surface area contributed by atoms with E-state index in [0.29, 0.717) is 41.1 Å². The molecule has 190 valence electrons. The van der Waals surface area contributed by atoms with Gasteiger partial charge in [-0.3, -0.25) is 4.79 Å². The minimum Gasteiger partial charge on any atom is -0.310 e. The standard InChI is InChI=1S/C25H29N5O3S3/c1-16-14-21(30(28-16)24-26-19-8-7-18(25(2,3)4)15-20(19)35-24)27-23(31)17-9-11-29(12-10-17)36(32,33)22-6-5-13-34-22/h5-8,13-15,17H,9-12H2,1-4H3,(H,27,31). The molecule has 11 heteroatoms. The van der Waals surface area contributed by atoms with E-state index in [1.165, 1.54) is 32.5 Å². The van der Waals surface area contributed by atoms with E-state index in [1.807, 2.05) is 19.1 Å². The van der Waals surface area contributed by atoms with E-state index in [2.05, 4.69) is 43.3 Å². The number of anilines is 1. The van der Waals surface area contributed by atoms with Crippen LogP contribution in [0.2, 0.25) is 0 Å². The van der Waals surface area contributed by atoms with Crippen LogP contribution in [0.1, 0.15) is 44.9 Å². The molecule has 1 amide bonds. The first kappa shape index (κ1) is 25.1. The van der Waals surface area contributed by atoms with E-state index in [9.17, 15) is 13.2 Å². The number of rotatable bonds is 5. The van der Waals surface area contributed by atoms with Crippen molar-refractivity contribution in [3.63, 3.8) is 0 Å². The molecule has 0 unspecified atom stereocenters. The van der Waals surface area contributed by atoms with Crippen molar-refractivity contribution in [3.05, 3.63) is 53.0 Å². The number of carbonyl (C=O) groups is 1. The number of nitrogens with zero attached hydrogens (tertiary/aromatic N) is 4. The number of thiazole rings is 1. The SMILES string of the molecule is Cc1cc(NC(=O)C2CCN(S(=O)(=O)c3cccs3)CC2)n(-c2nc3ccc(C(C)(C)C)cc3s2)n1. The van der Waals surface area contributed by atoms with Crippen LogP contribution in [-0.4, -0.2) is 46.5 Å². The molecule has 4 aromatic rings. The number of thiophene rings is 1. The van der Waals surface area contributed by atoms with Gasteiger partial charge in [-0.2, -0.15) is 14.1 Å². The molecule has 0 saturated carbocycles. The molecule has 0 radical (unpaired) electrons. The van der Waals surface area contributed by atoms with E-state index < -0.39 is 10.0 Å². The molecule has 0 aliphatic carbocycles. The Bertz CT molecular complexity index is 1510. The van der Waals surface area contributed by atoms with Crippen LogP contribution in [0.5, 0.6) is 0 Å². The summed E-state index contributed by atoms with van der Waals surface area (Å²) in [4.78, 5) is 17.9. The molecule has 36 heavy (non-hydrogen) atoms. The third-order valence-electron chi connectivity index (χ3n) is 6.42. The fourth-order valence-corrected chi connectivity index (χ4v) is 7.91. The number of nitrogens with one attached hydrogen (secondary N) is 1. The number of aromatic nitrogens is 3. The maximum Gasteiger partial charge on any atom is 0.252 e. The zero-order valence-corrected chi connectivity index (χ0v) is 23.1. The highest BCUT2D eigenvalue weighted by Crippen LogP contribution is 2.32. The van der Waals surface area contributed by atoms with E-state index >= 15 is 0 Å². The Labute approximate surface area is 219 Å². The number of hydrogen-bond acceptors (Lipinski definition) is 7. The zero-order valence-electron chi connectivity index (χ0n) is 20.7. The molecule has 1 aliphatic heterocycles. The minimum absolute atomic E-state index is 0.0401. The minimum atomic E-state index is -3.49. The fourth-order valence-electron chi connectivity index (χ4n) is 4.33. The lowest BCUT2D eigenvalue weighted by atomic mass is 9.87. The molecule has 4 heterocycles. The van der Waals surface area contributed by atoms with E-state index in [-0.39, 0.29) is 17.2 Å². The number of hydrogen-bond donors (Lipinski definition) is 1. The van der Waals surface area contributed by atoms with Crippen LogP contribution in [0.25, 0.3) is 15.3 Å². The highest BCUT2D eigenvalue weighted by Gasteiger charge is 2.33. The summed E-state index contributed by atoms with van der Waals surface area (Å²) in [7, 11) is -3.49. The molecule has 0 spiro atoms. The third kappa shape index (κ3) is 4.84. The van der Waals surface area contributed by atoms with Gasteiger partial charge in [0, 0.05) is 25.1 Å². The zero-order chi connectivity index (χ0) is 25.7.